The molecule has 0 aromatic rings. The Labute approximate surface area is 110 Å². The van der Waals surface area contributed by atoms with Crippen molar-refractivity contribution in [2.45, 2.75) is 45.6 Å². The number of nitrogens with zero attached hydrogens (tertiary/aromatic N) is 1. The predicted octanol–water partition coefficient (Wildman–Crippen LogP) is 0.962. The zero-order chi connectivity index (χ0) is 13.2. The van der Waals surface area contributed by atoms with E-state index in [0.29, 0.717) is 6.04 Å². The Morgan fingerprint density at radius 1 is 1.50 bits per heavy atom. The third kappa shape index (κ3) is 3.04. The minimum absolute atomic E-state index is 0.249. The van der Waals surface area contributed by atoms with Gasteiger partial charge in [0.25, 0.3) is 0 Å². The Balaban J connectivity index is 1.81. The lowest BCUT2D eigenvalue weighted by molar-refractivity contribution is -0.124. The molecule has 4 nitrogen and oxygen atoms in total. The van der Waals surface area contributed by atoms with Crippen molar-refractivity contribution in [3.63, 3.8) is 0 Å². The Kier molecular flexibility index (Phi) is 4.28. The number of amides is 1. The molecule has 18 heavy (non-hydrogen) atoms. The molecule has 4 heteroatoms. The van der Waals surface area contributed by atoms with Crippen LogP contribution in [0.25, 0.3) is 0 Å². The fourth-order valence-electron chi connectivity index (χ4n) is 3.18. The quantitative estimate of drug-likeness (QED) is 0.767. The van der Waals surface area contributed by atoms with Crippen molar-refractivity contribution in [2.75, 3.05) is 26.2 Å². The SMILES string of the molecule is CC(C)(CN)CCCN1CCCC2C(=O)NCC21. The highest BCUT2D eigenvalue weighted by molar-refractivity contribution is 5.82. The van der Waals surface area contributed by atoms with E-state index in [1.54, 1.807) is 0 Å². The third-order valence-electron chi connectivity index (χ3n) is 4.57. The summed E-state index contributed by atoms with van der Waals surface area (Å²) in [5.74, 6) is 0.522. The molecule has 0 bridgehead atoms. The van der Waals surface area contributed by atoms with Crippen LogP contribution < -0.4 is 11.1 Å². The van der Waals surface area contributed by atoms with Crippen LogP contribution in [0.3, 0.4) is 0 Å². The minimum Gasteiger partial charge on any atom is -0.354 e. The maximum absolute atomic E-state index is 11.7. The second-order valence-corrected chi connectivity index (χ2v) is 6.57. The molecule has 0 aromatic carbocycles. The van der Waals surface area contributed by atoms with Gasteiger partial charge >= 0.3 is 0 Å². The average Bonchev–Trinajstić information content (AvgIpc) is 2.72. The summed E-state index contributed by atoms with van der Waals surface area (Å²) in [7, 11) is 0. The molecular formula is C14H27N3O. The van der Waals surface area contributed by atoms with E-state index in [2.05, 4.69) is 24.1 Å². The molecule has 0 radical (unpaired) electrons. The van der Waals surface area contributed by atoms with Crippen molar-refractivity contribution in [1.82, 2.24) is 10.2 Å². The lowest BCUT2D eigenvalue weighted by Crippen LogP contribution is -2.46. The van der Waals surface area contributed by atoms with Gasteiger partial charge in [0, 0.05) is 12.6 Å². The summed E-state index contributed by atoms with van der Waals surface area (Å²) in [6.07, 6.45) is 4.58. The normalized spacial score (nSPS) is 29.2. The van der Waals surface area contributed by atoms with E-state index in [-0.39, 0.29) is 17.2 Å². The third-order valence-corrected chi connectivity index (χ3v) is 4.57. The summed E-state index contributed by atoms with van der Waals surface area (Å²) < 4.78 is 0. The maximum Gasteiger partial charge on any atom is 0.224 e. The van der Waals surface area contributed by atoms with E-state index < -0.39 is 0 Å². The molecule has 2 rings (SSSR count). The molecule has 0 aromatic heterocycles. The zero-order valence-electron chi connectivity index (χ0n) is 11.7. The van der Waals surface area contributed by atoms with Crippen LogP contribution in [0.2, 0.25) is 0 Å². The second kappa shape index (κ2) is 5.57. The van der Waals surface area contributed by atoms with E-state index in [9.17, 15) is 4.79 Å². The average molecular weight is 253 g/mol. The van der Waals surface area contributed by atoms with Crippen molar-refractivity contribution < 1.29 is 4.79 Å². The molecule has 2 unspecified atom stereocenters. The number of piperidine rings is 1. The van der Waals surface area contributed by atoms with Crippen molar-refractivity contribution in [1.29, 1.82) is 0 Å². The molecular weight excluding hydrogens is 226 g/mol. The highest BCUT2D eigenvalue weighted by atomic mass is 16.2. The van der Waals surface area contributed by atoms with Crippen LogP contribution in [-0.4, -0.2) is 43.0 Å². The van der Waals surface area contributed by atoms with Crippen LogP contribution in [0.1, 0.15) is 39.5 Å². The highest BCUT2D eigenvalue weighted by Crippen LogP contribution is 2.28. The van der Waals surface area contributed by atoms with Crippen molar-refractivity contribution >= 4 is 5.91 Å². The minimum atomic E-state index is 0.249. The van der Waals surface area contributed by atoms with Gasteiger partial charge < -0.3 is 11.1 Å². The first-order valence-corrected chi connectivity index (χ1v) is 7.25. The topological polar surface area (TPSA) is 58.4 Å². The van der Waals surface area contributed by atoms with Crippen LogP contribution in [0.4, 0.5) is 0 Å². The summed E-state index contributed by atoms with van der Waals surface area (Å²) in [6, 6.07) is 0.451. The Hall–Kier alpha value is -0.610. The van der Waals surface area contributed by atoms with E-state index in [1.807, 2.05) is 0 Å². The number of nitrogens with two attached hydrogens (primary N) is 1. The van der Waals surface area contributed by atoms with Crippen LogP contribution in [-0.2, 0) is 4.79 Å². The molecule has 0 spiro atoms. The van der Waals surface area contributed by atoms with E-state index >= 15 is 0 Å². The highest BCUT2D eigenvalue weighted by Gasteiger charge is 2.40. The molecule has 0 aliphatic carbocycles. The number of carbonyl (C=O) groups excluding carboxylic acids is 1. The van der Waals surface area contributed by atoms with Crippen LogP contribution >= 0.6 is 0 Å². The first kappa shape index (κ1) is 13.8. The Morgan fingerprint density at radius 2 is 2.28 bits per heavy atom. The van der Waals surface area contributed by atoms with Gasteiger partial charge in [-0.15, -0.1) is 0 Å². The Morgan fingerprint density at radius 3 is 3.00 bits per heavy atom. The summed E-state index contributed by atoms with van der Waals surface area (Å²) in [4.78, 5) is 14.2. The summed E-state index contributed by atoms with van der Waals surface area (Å²) in [5, 5.41) is 3.01. The van der Waals surface area contributed by atoms with Crippen LogP contribution in [0, 0.1) is 11.3 Å². The van der Waals surface area contributed by atoms with Gasteiger partial charge in [-0.25, -0.2) is 0 Å². The van der Waals surface area contributed by atoms with Gasteiger partial charge in [0.2, 0.25) is 5.91 Å². The second-order valence-electron chi connectivity index (χ2n) is 6.57. The fourth-order valence-corrected chi connectivity index (χ4v) is 3.18. The van der Waals surface area contributed by atoms with Crippen molar-refractivity contribution in [2.24, 2.45) is 17.1 Å². The number of likely N-dealkylation sites (tertiary alicyclic amines) is 1. The standard InChI is InChI=1S/C14H27N3O/c1-14(2,10-15)6-4-8-17-7-3-5-11-12(17)9-16-13(11)18/h11-12H,3-10,15H2,1-2H3,(H,16,18). The molecule has 2 heterocycles. The van der Waals surface area contributed by atoms with Crippen molar-refractivity contribution in [3.05, 3.63) is 0 Å². The predicted molar refractivity (Wildman–Crippen MR) is 73.2 cm³/mol. The number of carbonyl (C=O) groups is 1. The maximum atomic E-state index is 11.7. The number of hydrogen-bond donors (Lipinski definition) is 2. The van der Waals surface area contributed by atoms with Gasteiger partial charge in [-0.3, -0.25) is 9.69 Å². The lowest BCUT2D eigenvalue weighted by Gasteiger charge is -2.36. The van der Waals surface area contributed by atoms with Gasteiger partial charge in [-0.1, -0.05) is 13.8 Å². The largest absolute Gasteiger partial charge is 0.354 e. The Bertz CT molecular complexity index is 303. The fraction of sp³-hybridized carbons (Fsp3) is 0.929. The number of rotatable bonds is 5. The van der Waals surface area contributed by atoms with Crippen LogP contribution in [0.15, 0.2) is 0 Å². The molecule has 2 aliphatic rings. The first-order chi connectivity index (χ1) is 8.53. The van der Waals surface area contributed by atoms with Gasteiger partial charge in [-0.05, 0) is 50.7 Å². The number of fused-ring (bicyclic) bond motifs is 1. The molecule has 2 aliphatic heterocycles. The van der Waals surface area contributed by atoms with E-state index in [1.165, 1.54) is 12.8 Å². The summed E-state index contributed by atoms with van der Waals surface area (Å²) in [5.41, 5.74) is 6.01. The first-order valence-electron chi connectivity index (χ1n) is 7.25. The molecule has 104 valence electrons. The molecule has 0 saturated carbocycles. The van der Waals surface area contributed by atoms with E-state index in [4.69, 9.17) is 5.73 Å². The van der Waals surface area contributed by atoms with Gasteiger partial charge in [0.1, 0.15) is 0 Å². The molecule has 1 amide bonds. The lowest BCUT2D eigenvalue weighted by atomic mass is 9.87. The van der Waals surface area contributed by atoms with Gasteiger partial charge in [0.15, 0.2) is 0 Å². The van der Waals surface area contributed by atoms with Crippen molar-refractivity contribution in [3.8, 4) is 0 Å². The van der Waals surface area contributed by atoms with E-state index in [0.717, 1.165) is 39.0 Å². The summed E-state index contributed by atoms with van der Waals surface area (Å²) >= 11 is 0. The number of nitrogens with one attached hydrogen (secondary N) is 1. The summed E-state index contributed by atoms with van der Waals surface area (Å²) in [6.45, 7) is 8.32. The molecule has 2 atom stereocenters. The monoisotopic (exact) mass is 253 g/mol. The smallest absolute Gasteiger partial charge is 0.224 e. The molecule has 2 fully saturated rings. The van der Waals surface area contributed by atoms with Gasteiger partial charge in [-0.2, -0.15) is 0 Å². The molecule has 2 saturated heterocycles. The number of hydrogen-bond acceptors (Lipinski definition) is 3. The molecule has 3 N–H and O–H groups in total. The van der Waals surface area contributed by atoms with Gasteiger partial charge in [0.05, 0.1) is 5.92 Å². The van der Waals surface area contributed by atoms with Crippen LogP contribution in [0.5, 0.6) is 0 Å². The zero-order valence-corrected chi connectivity index (χ0v) is 11.7.